The van der Waals surface area contributed by atoms with Crippen molar-refractivity contribution in [3.63, 3.8) is 0 Å². The SMILES string of the molecule is CC(=O)NC1(c2noc(CCC(=O)NCc3ccccc3Cn3cncn3)n2)CCCCCC1. The van der Waals surface area contributed by atoms with Gasteiger partial charge in [-0.1, -0.05) is 55.1 Å². The van der Waals surface area contributed by atoms with E-state index in [1.807, 2.05) is 24.3 Å². The molecule has 1 aromatic carbocycles. The second-order valence-electron chi connectivity index (χ2n) is 8.83. The van der Waals surface area contributed by atoms with E-state index >= 15 is 0 Å². The van der Waals surface area contributed by atoms with Crippen molar-refractivity contribution in [1.82, 2.24) is 35.5 Å². The van der Waals surface area contributed by atoms with E-state index in [4.69, 9.17) is 4.52 Å². The van der Waals surface area contributed by atoms with E-state index in [0.717, 1.165) is 49.7 Å². The fourth-order valence-corrected chi connectivity index (χ4v) is 4.50. The fraction of sp³-hybridized carbons (Fsp3) is 0.500. The molecule has 10 heteroatoms. The molecular formula is C24H31N7O3. The van der Waals surface area contributed by atoms with Crippen LogP contribution in [-0.2, 0) is 34.6 Å². The molecule has 0 spiro atoms. The van der Waals surface area contributed by atoms with Gasteiger partial charge in [-0.15, -0.1) is 0 Å². The highest BCUT2D eigenvalue weighted by Crippen LogP contribution is 2.34. The van der Waals surface area contributed by atoms with Crippen molar-refractivity contribution >= 4 is 11.8 Å². The van der Waals surface area contributed by atoms with Gasteiger partial charge in [0.25, 0.3) is 0 Å². The Hall–Kier alpha value is -3.56. The molecule has 1 aliphatic carbocycles. The second kappa shape index (κ2) is 11.0. The highest BCUT2D eigenvalue weighted by molar-refractivity contribution is 5.76. The molecule has 1 fully saturated rings. The van der Waals surface area contributed by atoms with Crippen molar-refractivity contribution in [2.45, 2.75) is 76.9 Å². The third kappa shape index (κ3) is 6.06. The van der Waals surface area contributed by atoms with Crippen molar-refractivity contribution in [3.05, 3.63) is 59.8 Å². The molecule has 0 atom stereocenters. The molecule has 0 unspecified atom stereocenters. The van der Waals surface area contributed by atoms with Crippen LogP contribution >= 0.6 is 0 Å². The zero-order valence-corrected chi connectivity index (χ0v) is 19.5. The number of carbonyl (C=O) groups is 2. The Kier molecular flexibility index (Phi) is 7.66. The smallest absolute Gasteiger partial charge is 0.227 e. The Morgan fingerprint density at radius 2 is 1.88 bits per heavy atom. The third-order valence-corrected chi connectivity index (χ3v) is 6.23. The Morgan fingerprint density at radius 3 is 2.59 bits per heavy atom. The Morgan fingerprint density at radius 1 is 1.12 bits per heavy atom. The molecule has 34 heavy (non-hydrogen) atoms. The molecule has 0 radical (unpaired) electrons. The minimum atomic E-state index is -0.583. The normalized spacial score (nSPS) is 15.4. The van der Waals surface area contributed by atoms with E-state index in [1.54, 1.807) is 11.0 Å². The van der Waals surface area contributed by atoms with Crippen LogP contribution in [0.1, 0.15) is 74.7 Å². The number of aromatic nitrogens is 5. The topological polar surface area (TPSA) is 128 Å². The molecule has 2 aromatic heterocycles. The van der Waals surface area contributed by atoms with Crippen molar-refractivity contribution in [1.29, 1.82) is 0 Å². The van der Waals surface area contributed by atoms with E-state index in [1.165, 1.54) is 13.3 Å². The molecular weight excluding hydrogens is 434 g/mol. The minimum Gasteiger partial charge on any atom is -0.352 e. The van der Waals surface area contributed by atoms with E-state index in [2.05, 4.69) is 30.9 Å². The van der Waals surface area contributed by atoms with E-state index < -0.39 is 5.54 Å². The Bertz CT molecular complexity index is 1090. The van der Waals surface area contributed by atoms with Crippen molar-refractivity contribution in [2.24, 2.45) is 0 Å². The summed E-state index contributed by atoms with van der Waals surface area (Å²) >= 11 is 0. The Labute approximate surface area is 198 Å². The first-order valence-corrected chi connectivity index (χ1v) is 11.8. The number of nitrogens with zero attached hydrogens (tertiary/aromatic N) is 5. The van der Waals surface area contributed by atoms with Crippen LogP contribution < -0.4 is 10.6 Å². The standard InChI is InChI=1S/C24H31N7O3/c1-18(32)29-24(12-6-2-3-7-13-24)23-28-22(34-30-23)11-10-21(33)26-14-19-8-4-5-9-20(19)15-31-17-25-16-27-31/h4-5,8-9,16-17H,2-3,6-7,10-15H2,1H3,(H,26,33)(H,29,32). The molecule has 10 nitrogen and oxygen atoms in total. The summed E-state index contributed by atoms with van der Waals surface area (Å²) in [7, 11) is 0. The molecule has 1 saturated carbocycles. The molecule has 2 N–H and O–H groups in total. The van der Waals surface area contributed by atoms with Gasteiger partial charge >= 0.3 is 0 Å². The first-order valence-electron chi connectivity index (χ1n) is 11.8. The number of amides is 2. The number of hydrogen-bond acceptors (Lipinski definition) is 7. The highest BCUT2D eigenvalue weighted by Gasteiger charge is 2.38. The lowest BCUT2D eigenvalue weighted by molar-refractivity contribution is -0.122. The number of aryl methyl sites for hydroxylation is 1. The van der Waals surface area contributed by atoms with Gasteiger partial charge in [0, 0.05) is 26.3 Å². The van der Waals surface area contributed by atoms with Crippen LogP contribution in [0.5, 0.6) is 0 Å². The molecule has 0 bridgehead atoms. The summed E-state index contributed by atoms with van der Waals surface area (Å²) in [6, 6.07) is 7.92. The van der Waals surface area contributed by atoms with Gasteiger partial charge in [-0.3, -0.25) is 9.59 Å². The molecule has 2 heterocycles. The molecule has 1 aliphatic rings. The molecule has 180 valence electrons. The van der Waals surface area contributed by atoms with Crippen LogP contribution in [0.2, 0.25) is 0 Å². The molecule has 4 rings (SSSR count). The maximum absolute atomic E-state index is 12.5. The van der Waals surface area contributed by atoms with E-state index in [0.29, 0.717) is 31.2 Å². The van der Waals surface area contributed by atoms with Crippen molar-refractivity contribution in [2.75, 3.05) is 0 Å². The fourth-order valence-electron chi connectivity index (χ4n) is 4.50. The first kappa shape index (κ1) is 23.6. The molecule has 0 saturated heterocycles. The number of benzene rings is 1. The first-order chi connectivity index (χ1) is 16.5. The van der Waals surface area contributed by atoms with Gasteiger partial charge in [0.05, 0.1) is 6.54 Å². The zero-order valence-electron chi connectivity index (χ0n) is 19.5. The third-order valence-electron chi connectivity index (χ3n) is 6.23. The largest absolute Gasteiger partial charge is 0.352 e. The van der Waals surface area contributed by atoms with Crippen LogP contribution in [-0.4, -0.2) is 36.7 Å². The quantitative estimate of drug-likeness (QED) is 0.465. The van der Waals surface area contributed by atoms with Crippen LogP contribution in [0.25, 0.3) is 0 Å². The van der Waals surface area contributed by atoms with Gasteiger partial charge in [-0.05, 0) is 24.0 Å². The number of hydrogen-bond donors (Lipinski definition) is 2. The summed E-state index contributed by atoms with van der Waals surface area (Å²) < 4.78 is 7.19. The summed E-state index contributed by atoms with van der Waals surface area (Å²) in [5, 5.41) is 14.4. The molecule has 3 aromatic rings. The maximum Gasteiger partial charge on any atom is 0.227 e. The van der Waals surface area contributed by atoms with Crippen molar-refractivity contribution in [3.8, 4) is 0 Å². The van der Waals surface area contributed by atoms with E-state index in [9.17, 15) is 9.59 Å². The Balaban J connectivity index is 1.32. The van der Waals surface area contributed by atoms with Crippen LogP contribution in [0.4, 0.5) is 0 Å². The number of nitrogens with one attached hydrogen (secondary N) is 2. The van der Waals surface area contributed by atoms with Gasteiger partial charge in [0.1, 0.15) is 18.2 Å². The molecule has 2 amide bonds. The lowest BCUT2D eigenvalue weighted by Crippen LogP contribution is -2.45. The number of rotatable bonds is 9. The zero-order chi connectivity index (χ0) is 23.8. The van der Waals surface area contributed by atoms with Gasteiger partial charge < -0.3 is 15.2 Å². The monoisotopic (exact) mass is 465 g/mol. The van der Waals surface area contributed by atoms with Gasteiger partial charge in [-0.2, -0.15) is 10.1 Å². The predicted molar refractivity (Wildman–Crippen MR) is 123 cm³/mol. The maximum atomic E-state index is 12.5. The summed E-state index contributed by atoms with van der Waals surface area (Å²) in [4.78, 5) is 32.9. The van der Waals surface area contributed by atoms with Crippen LogP contribution in [0.3, 0.4) is 0 Å². The summed E-state index contributed by atoms with van der Waals surface area (Å²) in [6.07, 6.45) is 9.61. The minimum absolute atomic E-state index is 0.0960. The second-order valence-corrected chi connectivity index (χ2v) is 8.83. The van der Waals surface area contributed by atoms with Gasteiger partial charge in [-0.25, -0.2) is 9.67 Å². The average molecular weight is 466 g/mol. The lowest BCUT2D eigenvalue weighted by Gasteiger charge is -2.30. The van der Waals surface area contributed by atoms with Gasteiger partial charge in [0.15, 0.2) is 5.82 Å². The molecule has 0 aliphatic heterocycles. The lowest BCUT2D eigenvalue weighted by atomic mass is 9.89. The van der Waals surface area contributed by atoms with Crippen LogP contribution in [0.15, 0.2) is 41.4 Å². The average Bonchev–Trinajstić information content (AvgIpc) is 3.46. The van der Waals surface area contributed by atoms with E-state index in [-0.39, 0.29) is 18.2 Å². The summed E-state index contributed by atoms with van der Waals surface area (Å²) in [6.45, 7) is 2.53. The van der Waals surface area contributed by atoms with Gasteiger partial charge in [0.2, 0.25) is 17.7 Å². The highest BCUT2D eigenvalue weighted by atomic mass is 16.5. The number of carbonyl (C=O) groups excluding carboxylic acids is 2. The van der Waals surface area contributed by atoms with Crippen LogP contribution in [0, 0.1) is 0 Å². The summed E-state index contributed by atoms with van der Waals surface area (Å²) in [5.41, 5.74) is 1.51. The van der Waals surface area contributed by atoms with Crippen molar-refractivity contribution < 1.29 is 14.1 Å². The predicted octanol–water partition coefficient (Wildman–Crippen LogP) is 2.64. The summed E-state index contributed by atoms with van der Waals surface area (Å²) in [5.74, 6) is 0.728.